The monoisotopic (exact) mass is 288 g/mol. The summed E-state index contributed by atoms with van der Waals surface area (Å²) in [5.74, 6) is 0.251. The van der Waals surface area contributed by atoms with Crippen molar-refractivity contribution in [2.75, 3.05) is 13.7 Å². The summed E-state index contributed by atoms with van der Waals surface area (Å²) in [5.41, 5.74) is 1.02. The Bertz CT molecular complexity index is 722. The van der Waals surface area contributed by atoms with Gasteiger partial charge in [-0.15, -0.1) is 0 Å². The van der Waals surface area contributed by atoms with Crippen molar-refractivity contribution in [3.63, 3.8) is 0 Å². The lowest BCUT2D eigenvalue weighted by Crippen LogP contribution is -2.21. The van der Waals surface area contributed by atoms with Crippen LogP contribution in [-0.4, -0.2) is 29.7 Å². The van der Waals surface area contributed by atoms with Gasteiger partial charge in [-0.25, -0.2) is 9.78 Å². The molecule has 1 aromatic heterocycles. The summed E-state index contributed by atoms with van der Waals surface area (Å²) in [6.45, 7) is 3.81. The molecule has 1 aromatic carbocycles. The van der Waals surface area contributed by atoms with Gasteiger partial charge in [0.15, 0.2) is 0 Å². The van der Waals surface area contributed by atoms with Crippen LogP contribution in [-0.2, 0) is 4.74 Å². The first-order valence-corrected chi connectivity index (χ1v) is 6.48. The molecule has 110 valence electrons. The number of rotatable bonds is 4. The van der Waals surface area contributed by atoms with Crippen LogP contribution >= 0.6 is 0 Å². The van der Waals surface area contributed by atoms with Gasteiger partial charge in [0, 0.05) is 6.20 Å². The highest BCUT2D eigenvalue weighted by Gasteiger charge is 2.15. The molecular formula is C15H16N2O4. The molecule has 0 amide bonds. The number of aromatic amines is 1. The molecule has 0 unspecified atom stereocenters. The maximum absolute atomic E-state index is 12.0. The largest absolute Gasteiger partial charge is 0.496 e. The van der Waals surface area contributed by atoms with Crippen LogP contribution in [0.15, 0.2) is 29.2 Å². The Morgan fingerprint density at radius 3 is 2.76 bits per heavy atom. The third-order valence-corrected chi connectivity index (χ3v) is 2.91. The lowest BCUT2D eigenvalue weighted by atomic mass is 10.1. The van der Waals surface area contributed by atoms with Crippen molar-refractivity contribution < 1.29 is 14.3 Å². The molecule has 0 fully saturated rings. The third kappa shape index (κ3) is 3.10. The zero-order valence-corrected chi connectivity index (χ0v) is 12.1. The number of nitrogens with one attached hydrogen (secondary N) is 1. The average molecular weight is 288 g/mol. The smallest absolute Gasteiger partial charge is 0.345 e. The van der Waals surface area contributed by atoms with Gasteiger partial charge in [0.25, 0.3) is 5.56 Å². The van der Waals surface area contributed by atoms with Crippen LogP contribution in [0.2, 0.25) is 0 Å². The number of methoxy groups -OCH3 is 1. The highest BCUT2D eigenvalue weighted by Crippen LogP contribution is 2.27. The molecule has 0 aliphatic rings. The van der Waals surface area contributed by atoms with E-state index in [1.807, 2.05) is 19.1 Å². The van der Waals surface area contributed by atoms with Crippen LogP contribution in [0.25, 0.3) is 11.4 Å². The molecule has 0 aliphatic carbocycles. The molecule has 0 saturated carbocycles. The zero-order chi connectivity index (χ0) is 15.4. The quantitative estimate of drug-likeness (QED) is 0.869. The number of hydrogen-bond acceptors (Lipinski definition) is 5. The Labute approximate surface area is 121 Å². The number of aryl methyl sites for hydroxylation is 1. The summed E-state index contributed by atoms with van der Waals surface area (Å²) in [6.07, 6.45) is 1.21. The van der Waals surface area contributed by atoms with Gasteiger partial charge in [0.05, 0.1) is 19.3 Å². The van der Waals surface area contributed by atoms with E-state index in [1.165, 1.54) is 6.20 Å². The van der Waals surface area contributed by atoms with Gasteiger partial charge in [-0.2, -0.15) is 0 Å². The van der Waals surface area contributed by atoms with Gasteiger partial charge < -0.3 is 14.5 Å². The van der Waals surface area contributed by atoms with Crippen LogP contribution < -0.4 is 10.3 Å². The number of carbonyl (C=O) groups is 1. The van der Waals surface area contributed by atoms with Crippen LogP contribution in [0.4, 0.5) is 0 Å². The standard InChI is InChI=1S/C15H16N2O4/c1-4-21-15(19)11-8-16-13(17-14(11)18)10-6-5-9(2)7-12(10)20-3/h5-8H,4H2,1-3H3,(H,16,17,18). The van der Waals surface area contributed by atoms with E-state index in [9.17, 15) is 9.59 Å². The normalized spacial score (nSPS) is 10.2. The maximum atomic E-state index is 12.0. The number of carbonyl (C=O) groups excluding carboxylic acids is 1. The SMILES string of the molecule is CCOC(=O)c1cnc(-c2ccc(C)cc2OC)[nH]c1=O. The first-order valence-electron chi connectivity index (χ1n) is 6.48. The Balaban J connectivity index is 2.46. The zero-order valence-electron chi connectivity index (χ0n) is 12.1. The first kappa shape index (κ1) is 14.8. The Morgan fingerprint density at radius 2 is 2.14 bits per heavy atom. The van der Waals surface area contributed by atoms with Crippen molar-refractivity contribution in [2.24, 2.45) is 0 Å². The van der Waals surface area contributed by atoms with Crippen LogP contribution in [0, 0.1) is 6.92 Å². The van der Waals surface area contributed by atoms with Crippen molar-refractivity contribution in [1.82, 2.24) is 9.97 Å². The molecule has 0 spiro atoms. The van der Waals surface area contributed by atoms with Gasteiger partial charge in [0.2, 0.25) is 0 Å². The Morgan fingerprint density at radius 1 is 1.38 bits per heavy atom. The van der Waals surface area contributed by atoms with E-state index in [2.05, 4.69) is 9.97 Å². The number of benzene rings is 1. The average Bonchev–Trinajstić information content (AvgIpc) is 2.47. The molecule has 1 heterocycles. The molecule has 2 aromatic rings. The molecule has 21 heavy (non-hydrogen) atoms. The van der Waals surface area contributed by atoms with Crippen molar-refractivity contribution in [3.8, 4) is 17.1 Å². The van der Waals surface area contributed by atoms with E-state index in [-0.39, 0.29) is 12.2 Å². The summed E-state index contributed by atoms with van der Waals surface area (Å²) in [7, 11) is 1.55. The minimum Gasteiger partial charge on any atom is -0.496 e. The minimum absolute atomic E-state index is 0.119. The van der Waals surface area contributed by atoms with Crippen molar-refractivity contribution in [2.45, 2.75) is 13.8 Å². The molecule has 6 heteroatoms. The molecule has 2 rings (SSSR count). The lowest BCUT2D eigenvalue weighted by molar-refractivity contribution is 0.0524. The minimum atomic E-state index is -0.686. The predicted octanol–water partition coefficient (Wildman–Crippen LogP) is 1.93. The summed E-state index contributed by atoms with van der Waals surface area (Å²) in [6, 6.07) is 5.53. The second-order valence-corrected chi connectivity index (χ2v) is 4.40. The van der Waals surface area contributed by atoms with E-state index < -0.39 is 11.5 Å². The van der Waals surface area contributed by atoms with Crippen molar-refractivity contribution in [1.29, 1.82) is 0 Å². The van der Waals surface area contributed by atoms with Gasteiger partial charge in [-0.3, -0.25) is 4.79 Å². The van der Waals surface area contributed by atoms with E-state index in [1.54, 1.807) is 20.1 Å². The highest BCUT2D eigenvalue weighted by atomic mass is 16.5. The highest BCUT2D eigenvalue weighted by molar-refractivity contribution is 5.88. The van der Waals surface area contributed by atoms with Crippen molar-refractivity contribution in [3.05, 3.63) is 45.9 Å². The molecule has 0 atom stereocenters. The van der Waals surface area contributed by atoms with Crippen molar-refractivity contribution >= 4 is 5.97 Å². The summed E-state index contributed by atoms with van der Waals surface area (Å²) in [4.78, 5) is 30.2. The first-order chi connectivity index (χ1) is 10.1. The molecule has 1 N–H and O–H groups in total. The van der Waals surface area contributed by atoms with E-state index in [0.717, 1.165) is 5.56 Å². The molecule has 0 aliphatic heterocycles. The fourth-order valence-electron chi connectivity index (χ4n) is 1.88. The van der Waals surface area contributed by atoms with Gasteiger partial charge in [-0.1, -0.05) is 6.07 Å². The Hall–Kier alpha value is -2.63. The van der Waals surface area contributed by atoms with E-state index >= 15 is 0 Å². The molecule has 0 bridgehead atoms. The molecule has 6 nitrogen and oxygen atoms in total. The second kappa shape index (κ2) is 6.21. The second-order valence-electron chi connectivity index (χ2n) is 4.40. The molecule has 0 saturated heterocycles. The number of hydrogen-bond donors (Lipinski definition) is 1. The van der Waals surface area contributed by atoms with Crippen LogP contribution in [0.5, 0.6) is 5.75 Å². The fourth-order valence-corrected chi connectivity index (χ4v) is 1.88. The number of nitrogens with zero attached hydrogens (tertiary/aromatic N) is 1. The van der Waals surface area contributed by atoms with Gasteiger partial charge in [-0.05, 0) is 31.5 Å². The lowest BCUT2D eigenvalue weighted by Gasteiger charge is -2.09. The number of H-pyrrole nitrogens is 1. The topological polar surface area (TPSA) is 81.3 Å². The number of ether oxygens (including phenoxy) is 2. The Kier molecular flexibility index (Phi) is 4.37. The van der Waals surface area contributed by atoms with E-state index in [4.69, 9.17) is 9.47 Å². The third-order valence-electron chi connectivity index (χ3n) is 2.91. The summed E-state index contributed by atoms with van der Waals surface area (Å²) >= 11 is 0. The summed E-state index contributed by atoms with van der Waals surface area (Å²) < 4.78 is 10.1. The predicted molar refractivity (Wildman–Crippen MR) is 77.5 cm³/mol. The van der Waals surface area contributed by atoms with E-state index in [0.29, 0.717) is 17.1 Å². The molecular weight excluding hydrogens is 272 g/mol. The van der Waals surface area contributed by atoms with Gasteiger partial charge >= 0.3 is 5.97 Å². The maximum Gasteiger partial charge on any atom is 0.345 e. The summed E-state index contributed by atoms with van der Waals surface area (Å²) in [5, 5.41) is 0. The van der Waals surface area contributed by atoms with Gasteiger partial charge in [0.1, 0.15) is 17.1 Å². The number of esters is 1. The fraction of sp³-hybridized carbons (Fsp3) is 0.267. The van der Waals surface area contributed by atoms with Crippen LogP contribution in [0.1, 0.15) is 22.8 Å². The molecule has 0 radical (unpaired) electrons. The van der Waals surface area contributed by atoms with Crippen LogP contribution in [0.3, 0.4) is 0 Å². The number of aromatic nitrogens is 2.